The molecule has 2 aromatic heterocycles. The minimum absolute atomic E-state index is 0.158. The first-order chi connectivity index (χ1) is 14.9. The molecule has 0 radical (unpaired) electrons. The third kappa shape index (κ3) is 4.41. The van der Waals surface area contributed by atoms with Gasteiger partial charge in [-0.15, -0.1) is 0 Å². The van der Waals surface area contributed by atoms with Crippen LogP contribution in [0.1, 0.15) is 35.4 Å². The molecule has 0 spiro atoms. The molecule has 9 heteroatoms. The fourth-order valence-electron chi connectivity index (χ4n) is 4.09. The molecule has 0 saturated heterocycles. The second-order valence-electron chi connectivity index (χ2n) is 7.60. The number of nitrogens with one attached hydrogen (secondary N) is 1. The van der Waals surface area contributed by atoms with Gasteiger partial charge in [0.05, 0.1) is 17.7 Å². The second kappa shape index (κ2) is 8.43. The van der Waals surface area contributed by atoms with Crippen LogP contribution in [0.15, 0.2) is 60.8 Å². The van der Waals surface area contributed by atoms with E-state index in [1.165, 1.54) is 29.5 Å². The summed E-state index contributed by atoms with van der Waals surface area (Å²) in [6, 6.07) is 11.4. The molecule has 162 valence electrons. The fourth-order valence-corrected chi connectivity index (χ4v) is 4.09. The molecule has 1 aromatic carbocycles. The van der Waals surface area contributed by atoms with Gasteiger partial charge in [0.25, 0.3) is 0 Å². The molecule has 0 fully saturated rings. The Balaban J connectivity index is 1.58. The molecule has 2 heterocycles. The van der Waals surface area contributed by atoms with Gasteiger partial charge in [0.2, 0.25) is 0 Å². The molecule has 1 aliphatic carbocycles. The first kappa shape index (κ1) is 20.9. The molecule has 0 bridgehead atoms. The highest BCUT2D eigenvalue weighted by atomic mass is 19.4. The topological polar surface area (TPSA) is 94.8 Å². The van der Waals surface area contributed by atoms with Gasteiger partial charge in [0.15, 0.2) is 5.70 Å². The predicted octanol–water partition coefficient (Wildman–Crippen LogP) is 3.72. The highest BCUT2D eigenvalue weighted by Crippen LogP contribution is 2.33. The zero-order valence-corrected chi connectivity index (χ0v) is 16.7. The number of allylic oxidation sites excluding steroid dienone is 1. The van der Waals surface area contributed by atoms with E-state index < -0.39 is 17.6 Å². The van der Waals surface area contributed by atoms with Crippen LogP contribution in [0.2, 0.25) is 0 Å². The molecule has 0 aliphatic heterocycles. The Morgan fingerprint density at radius 1 is 1.16 bits per heavy atom. The van der Waals surface area contributed by atoms with Crippen LogP contribution >= 0.6 is 0 Å². The Morgan fingerprint density at radius 2 is 1.97 bits per heavy atom. The quantitative estimate of drug-likeness (QED) is 0.425. The number of fused-ring (bicyclic) bond motifs is 1. The number of alkyl halides is 3. The van der Waals surface area contributed by atoms with Gasteiger partial charge in [-0.25, -0.2) is 4.98 Å². The van der Waals surface area contributed by atoms with Gasteiger partial charge in [0.1, 0.15) is 5.69 Å². The van der Waals surface area contributed by atoms with E-state index in [1.54, 1.807) is 11.8 Å². The lowest BCUT2D eigenvalue weighted by molar-refractivity contribution is -0.0961. The van der Waals surface area contributed by atoms with Crippen molar-refractivity contribution >= 4 is 5.70 Å². The van der Waals surface area contributed by atoms with E-state index in [0.29, 0.717) is 17.3 Å². The summed E-state index contributed by atoms with van der Waals surface area (Å²) in [6.07, 6.45) is 3.64. The third-order valence-corrected chi connectivity index (χ3v) is 5.59. The molecule has 3 aromatic rings. The second-order valence-corrected chi connectivity index (χ2v) is 7.60. The summed E-state index contributed by atoms with van der Waals surface area (Å²) < 4.78 is 41.3. The lowest BCUT2D eigenvalue weighted by Gasteiger charge is -2.25. The maximum atomic E-state index is 13.1. The van der Waals surface area contributed by atoms with Crippen LogP contribution in [-0.4, -0.2) is 20.7 Å². The van der Waals surface area contributed by atoms with Crippen molar-refractivity contribution in [1.29, 1.82) is 0 Å². The fraction of sp³-hybridized carbons (Fsp3) is 0.273. The summed E-state index contributed by atoms with van der Waals surface area (Å²) in [7, 11) is 0. The first-order valence-corrected chi connectivity index (χ1v) is 9.96. The average molecular weight is 428 g/mol. The van der Waals surface area contributed by atoms with Gasteiger partial charge >= 0.3 is 6.18 Å². The van der Waals surface area contributed by atoms with Crippen LogP contribution in [0.4, 0.5) is 13.2 Å². The van der Waals surface area contributed by atoms with E-state index in [0.717, 1.165) is 25.8 Å². The summed E-state index contributed by atoms with van der Waals surface area (Å²) >= 11 is 0. The van der Waals surface area contributed by atoms with E-state index in [9.17, 15) is 13.2 Å². The van der Waals surface area contributed by atoms with E-state index in [1.807, 2.05) is 10.8 Å². The molecule has 6 nitrogen and oxygen atoms in total. The molecule has 0 amide bonds. The van der Waals surface area contributed by atoms with Crippen LogP contribution in [0.5, 0.6) is 0 Å². The molecule has 4 rings (SSSR count). The summed E-state index contributed by atoms with van der Waals surface area (Å²) in [4.78, 5) is 8.65. The highest BCUT2D eigenvalue weighted by Gasteiger charge is 2.36. The Hall–Kier alpha value is -3.33. The van der Waals surface area contributed by atoms with Crippen molar-refractivity contribution in [2.45, 2.75) is 37.9 Å². The highest BCUT2D eigenvalue weighted by molar-refractivity contribution is 5.69. The zero-order chi connectivity index (χ0) is 22.0. The number of benzene rings is 1. The van der Waals surface area contributed by atoms with Gasteiger partial charge in [0, 0.05) is 30.4 Å². The Kier molecular flexibility index (Phi) is 5.69. The summed E-state index contributed by atoms with van der Waals surface area (Å²) in [5.74, 6) is 5.43. The number of aromatic nitrogens is 3. The van der Waals surface area contributed by atoms with Crippen molar-refractivity contribution in [2.24, 2.45) is 11.6 Å². The molecular weight excluding hydrogens is 405 g/mol. The smallest absolute Gasteiger partial charge is 0.397 e. The minimum Gasteiger partial charge on any atom is -0.397 e. The molecular formula is C22H23F3N6. The van der Waals surface area contributed by atoms with E-state index in [2.05, 4.69) is 34.2 Å². The lowest BCUT2D eigenvalue weighted by Crippen LogP contribution is -2.34. The van der Waals surface area contributed by atoms with Crippen LogP contribution in [0.25, 0.3) is 17.1 Å². The van der Waals surface area contributed by atoms with E-state index >= 15 is 0 Å². The summed E-state index contributed by atoms with van der Waals surface area (Å²) in [6.45, 7) is 0.779. The third-order valence-electron chi connectivity index (χ3n) is 5.59. The number of hydrogen-bond donors (Lipinski definition) is 3. The molecule has 1 aliphatic rings. The number of rotatable bonds is 5. The molecule has 0 saturated carbocycles. The van der Waals surface area contributed by atoms with Crippen LogP contribution in [0.3, 0.4) is 0 Å². The van der Waals surface area contributed by atoms with Crippen LogP contribution in [0, 0.1) is 0 Å². The number of hydrazine groups is 1. The van der Waals surface area contributed by atoms with Crippen molar-refractivity contribution < 1.29 is 13.2 Å². The van der Waals surface area contributed by atoms with Gasteiger partial charge in [-0.3, -0.25) is 10.8 Å². The first-order valence-electron chi connectivity index (χ1n) is 9.96. The maximum absolute atomic E-state index is 13.1. The van der Waals surface area contributed by atoms with Crippen LogP contribution in [-0.2, 0) is 13.0 Å². The largest absolute Gasteiger partial charge is 0.434 e. The van der Waals surface area contributed by atoms with Gasteiger partial charge in [-0.2, -0.15) is 13.2 Å². The van der Waals surface area contributed by atoms with Crippen molar-refractivity contribution in [2.75, 3.05) is 0 Å². The Morgan fingerprint density at radius 3 is 2.74 bits per heavy atom. The average Bonchev–Trinajstić information content (AvgIpc) is 3.22. The Labute approximate surface area is 177 Å². The maximum Gasteiger partial charge on any atom is 0.434 e. The normalized spacial score (nSPS) is 17.1. The SMILES string of the molecule is NN/C(=C(\N)c1ccnc(-c2cn(CC3CCCc4ccccc43)cn2)c1)C(F)(F)F. The number of pyridine rings is 1. The number of aryl methyl sites for hydroxylation is 1. The van der Waals surface area contributed by atoms with Crippen molar-refractivity contribution in [3.8, 4) is 11.4 Å². The summed E-state index contributed by atoms with van der Waals surface area (Å²) in [5, 5.41) is 0. The number of nitrogens with two attached hydrogens (primary N) is 2. The number of nitrogens with zero attached hydrogens (tertiary/aromatic N) is 3. The summed E-state index contributed by atoms with van der Waals surface area (Å²) in [5.41, 5.74) is 9.58. The number of hydrogen-bond acceptors (Lipinski definition) is 5. The van der Waals surface area contributed by atoms with Gasteiger partial charge < -0.3 is 15.7 Å². The van der Waals surface area contributed by atoms with Crippen molar-refractivity contribution in [3.05, 3.63) is 77.5 Å². The van der Waals surface area contributed by atoms with Crippen molar-refractivity contribution in [1.82, 2.24) is 20.0 Å². The minimum atomic E-state index is -4.69. The monoisotopic (exact) mass is 428 g/mol. The van der Waals surface area contributed by atoms with E-state index in [4.69, 9.17) is 11.6 Å². The molecule has 5 N–H and O–H groups in total. The zero-order valence-electron chi connectivity index (χ0n) is 16.7. The lowest BCUT2D eigenvalue weighted by atomic mass is 9.83. The standard InChI is InChI=1S/C22H23F3N6/c23-22(24,25)21(30-27)20(26)15-8-9-28-18(10-15)19-12-31(13-29-19)11-16-6-3-5-14-4-1-2-7-17(14)16/h1-2,4,7-10,12-13,16,30H,3,5-6,11,26-27H2/b21-20-. The van der Waals surface area contributed by atoms with Crippen LogP contribution < -0.4 is 17.0 Å². The molecule has 1 unspecified atom stereocenters. The number of imidazole rings is 1. The number of halogens is 3. The van der Waals surface area contributed by atoms with E-state index in [-0.39, 0.29) is 5.56 Å². The molecule has 31 heavy (non-hydrogen) atoms. The Bertz CT molecular complexity index is 1100. The molecule has 1 atom stereocenters. The predicted molar refractivity (Wildman–Crippen MR) is 112 cm³/mol. The van der Waals surface area contributed by atoms with Crippen molar-refractivity contribution in [3.63, 3.8) is 0 Å². The van der Waals surface area contributed by atoms with Gasteiger partial charge in [-0.05, 0) is 42.5 Å². The van der Waals surface area contributed by atoms with Gasteiger partial charge in [-0.1, -0.05) is 24.3 Å².